The Kier molecular flexibility index (Phi) is 2.77. The summed E-state index contributed by atoms with van der Waals surface area (Å²) >= 11 is 0. The summed E-state index contributed by atoms with van der Waals surface area (Å²) in [7, 11) is 0. The van der Waals surface area contributed by atoms with Crippen LogP contribution in [0.25, 0.3) is 0 Å². The van der Waals surface area contributed by atoms with Crippen LogP contribution in [0.3, 0.4) is 0 Å². The topological polar surface area (TPSA) is 70.6 Å². The van der Waals surface area contributed by atoms with Crippen LogP contribution in [0.15, 0.2) is 18.3 Å². The molecule has 1 aromatic rings. The molecule has 19 heavy (non-hydrogen) atoms. The van der Waals surface area contributed by atoms with Crippen molar-refractivity contribution in [1.82, 2.24) is 14.8 Å². The molecule has 0 aromatic carbocycles. The van der Waals surface area contributed by atoms with Gasteiger partial charge in [0.1, 0.15) is 12.2 Å². The van der Waals surface area contributed by atoms with Gasteiger partial charge in [0.15, 0.2) is 0 Å². The molecule has 1 fully saturated rings. The number of carbonyl (C=O) groups is 3. The number of amides is 3. The Hall–Kier alpha value is -2.24. The molecule has 3 heterocycles. The standard InChI is InChI=1S/C13H13N3O3/c17-10(15-6-1-2-7-15)8-16-12(18)9-4-3-5-14-11(9)13(16)19/h3-5H,1-2,6-8H2. The van der Waals surface area contributed by atoms with Crippen molar-refractivity contribution >= 4 is 17.7 Å². The number of carbonyl (C=O) groups excluding carboxylic acids is 3. The van der Waals surface area contributed by atoms with Crippen molar-refractivity contribution in [3.8, 4) is 0 Å². The number of likely N-dealkylation sites (tertiary alicyclic amines) is 1. The number of aromatic nitrogens is 1. The van der Waals surface area contributed by atoms with E-state index in [1.165, 1.54) is 6.20 Å². The first-order valence-electron chi connectivity index (χ1n) is 6.27. The van der Waals surface area contributed by atoms with Gasteiger partial charge in [-0.3, -0.25) is 24.3 Å². The van der Waals surface area contributed by atoms with E-state index in [-0.39, 0.29) is 23.7 Å². The van der Waals surface area contributed by atoms with E-state index in [0.717, 1.165) is 17.7 Å². The predicted octanol–water partition coefficient (Wildman–Crippen LogP) is 0.300. The van der Waals surface area contributed by atoms with Crippen LogP contribution in [0.2, 0.25) is 0 Å². The van der Waals surface area contributed by atoms with Gasteiger partial charge in [0.25, 0.3) is 11.8 Å². The van der Waals surface area contributed by atoms with Gasteiger partial charge in [-0.1, -0.05) is 0 Å². The fraction of sp³-hybridized carbons (Fsp3) is 0.385. The molecule has 1 aromatic heterocycles. The van der Waals surface area contributed by atoms with Crippen LogP contribution in [0, 0.1) is 0 Å². The third-order valence-electron chi connectivity index (χ3n) is 3.48. The first kappa shape index (κ1) is 11.8. The maximum absolute atomic E-state index is 12.1. The van der Waals surface area contributed by atoms with Gasteiger partial charge in [0.2, 0.25) is 5.91 Å². The van der Waals surface area contributed by atoms with Gasteiger partial charge in [-0.25, -0.2) is 0 Å². The fourth-order valence-corrected chi connectivity index (χ4v) is 2.46. The minimum Gasteiger partial charge on any atom is -0.341 e. The van der Waals surface area contributed by atoms with Crippen molar-refractivity contribution in [2.45, 2.75) is 12.8 Å². The molecule has 2 aliphatic rings. The number of hydrogen-bond donors (Lipinski definition) is 0. The molecule has 1 saturated heterocycles. The van der Waals surface area contributed by atoms with E-state index >= 15 is 0 Å². The predicted molar refractivity (Wildman–Crippen MR) is 65.4 cm³/mol. The summed E-state index contributed by atoms with van der Waals surface area (Å²) in [6, 6.07) is 3.17. The van der Waals surface area contributed by atoms with Crippen LogP contribution in [0.4, 0.5) is 0 Å². The molecule has 6 nitrogen and oxygen atoms in total. The Labute approximate surface area is 110 Å². The van der Waals surface area contributed by atoms with E-state index < -0.39 is 11.8 Å². The lowest BCUT2D eigenvalue weighted by Crippen LogP contribution is -2.41. The Morgan fingerprint density at radius 3 is 2.63 bits per heavy atom. The summed E-state index contributed by atoms with van der Waals surface area (Å²) in [5.41, 5.74) is 0.420. The maximum atomic E-state index is 12.1. The highest BCUT2D eigenvalue weighted by molar-refractivity contribution is 6.21. The molecule has 98 valence electrons. The average Bonchev–Trinajstić information content (AvgIpc) is 3.03. The zero-order valence-electron chi connectivity index (χ0n) is 10.3. The van der Waals surface area contributed by atoms with E-state index in [4.69, 9.17) is 0 Å². The number of hydrogen-bond acceptors (Lipinski definition) is 4. The van der Waals surface area contributed by atoms with E-state index in [1.54, 1.807) is 17.0 Å². The van der Waals surface area contributed by atoms with Crippen LogP contribution in [0.1, 0.15) is 33.7 Å². The number of rotatable bonds is 2. The number of pyridine rings is 1. The van der Waals surface area contributed by atoms with Crippen molar-refractivity contribution in [3.05, 3.63) is 29.6 Å². The maximum Gasteiger partial charge on any atom is 0.280 e. The van der Waals surface area contributed by atoms with Gasteiger partial charge in [-0.15, -0.1) is 0 Å². The van der Waals surface area contributed by atoms with Gasteiger partial charge < -0.3 is 4.90 Å². The molecular weight excluding hydrogens is 246 g/mol. The minimum absolute atomic E-state index is 0.140. The summed E-state index contributed by atoms with van der Waals surface area (Å²) in [5, 5.41) is 0. The fourth-order valence-electron chi connectivity index (χ4n) is 2.46. The molecule has 0 N–H and O–H groups in total. The average molecular weight is 259 g/mol. The first-order chi connectivity index (χ1) is 9.18. The summed E-state index contributed by atoms with van der Waals surface area (Å²) in [4.78, 5) is 42.7. The lowest BCUT2D eigenvalue weighted by atomic mass is 10.2. The second kappa shape index (κ2) is 4.46. The summed E-state index contributed by atoms with van der Waals surface area (Å²) in [6.45, 7) is 1.23. The Morgan fingerprint density at radius 2 is 1.95 bits per heavy atom. The quantitative estimate of drug-likeness (QED) is 0.716. The van der Waals surface area contributed by atoms with E-state index in [0.29, 0.717) is 13.1 Å². The second-order valence-electron chi connectivity index (χ2n) is 4.68. The molecule has 6 heteroatoms. The highest BCUT2D eigenvalue weighted by Gasteiger charge is 2.38. The van der Waals surface area contributed by atoms with Gasteiger partial charge in [-0.05, 0) is 25.0 Å². The van der Waals surface area contributed by atoms with E-state index in [2.05, 4.69) is 4.98 Å². The van der Waals surface area contributed by atoms with Crippen molar-refractivity contribution in [2.24, 2.45) is 0 Å². The van der Waals surface area contributed by atoms with Crippen LogP contribution < -0.4 is 0 Å². The molecular formula is C13H13N3O3. The first-order valence-corrected chi connectivity index (χ1v) is 6.27. The van der Waals surface area contributed by atoms with Gasteiger partial charge in [0, 0.05) is 19.3 Å². The molecule has 2 aliphatic heterocycles. The Balaban J connectivity index is 1.78. The van der Waals surface area contributed by atoms with Crippen molar-refractivity contribution in [3.63, 3.8) is 0 Å². The third-order valence-corrected chi connectivity index (χ3v) is 3.48. The lowest BCUT2D eigenvalue weighted by Gasteiger charge is -2.19. The van der Waals surface area contributed by atoms with Crippen molar-refractivity contribution in [1.29, 1.82) is 0 Å². The third kappa shape index (κ3) is 1.89. The molecule has 0 aliphatic carbocycles. The van der Waals surface area contributed by atoms with E-state index in [1.807, 2.05) is 0 Å². The largest absolute Gasteiger partial charge is 0.341 e. The molecule has 0 bridgehead atoms. The van der Waals surface area contributed by atoms with Crippen LogP contribution >= 0.6 is 0 Å². The number of fused-ring (bicyclic) bond motifs is 1. The number of imide groups is 1. The molecule has 3 rings (SSSR count). The molecule has 0 unspecified atom stereocenters. The molecule has 3 amide bonds. The Morgan fingerprint density at radius 1 is 1.21 bits per heavy atom. The summed E-state index contributed by atoms with van der Waals surface area (Å²) in [5.74, 6) is -1.08. The van der Waals surface area contributed by atoms with Gasteiger partial charge in [-0.2, -0.15) is 0 Å². The highest BCUT2D eigenvalue weighted by Crippen LogP contribution is 2.20. The zero-order valence-corrected chi connectivity index (χ0v) is 10.3. The normalized spacial score (nSPS) is 18.1. The van der Waals surface area contributed by atoms with Crippen LogP contribution in [-0.4, -0.2) is 52.1 Å². The van der Waals surface area contributed by atoms with Crippen LogP contribution in [0.5, 0.6) is 0 Å². The summed E-state index contributed by atoms with van der Waals surface area (Å²) < 4.78 is 0. The summed E-state index contributed by atoms with van der Waals surface area (Å²) in [6.07, 6.45) is 3.43. The smallest absolute Gasteiger partial charge is 0.280 e. The molecule has 0 spiro atoms. The Bertz CT molecular complexity index is 529. The number of nitrogens with zero attached hydrogens (tertiary/aromatic N) is 3. The van der Waals surface area contributed by atoms with Crippen molar-refractivity contribution in [2.75, 3.05) is 19.6 Å². The van der Waals surface area contributed by atoms with Crippen LogP contribution in [-0.2, 0) is 4.79 Å². The van der Waals surface area contributed by atoms with Crippen molar-refractivity contribution < 1.29 is 14.4 Å². The van der Waals surface area contributed by atoms with E-state index in [9.17, 15) is 14.4 Å². The minimum atomic E-state index is -0.479. The van der Waals surface area contributed by atoms with Gasteiger partial charge in [0.05, 0.1) is 5.56 Å². The zero-order chi connectivity index (χ0) is 13.4. The second-order valence-corrected chi connectivity index (χ2v) is 4.68. The lowest BCUT2D eigenvalue weighted by molar-refractivity contribution is -0.130. The molecule has 0 atom stereocenters. The molecule has 0 saturated carbocycles. The highest BCUT2D eigenvalue weighted by atomic mass is 16.2. The SMILES string of the molecule is O=C(CN1C(=O)c2cccnc2C1=O)N1CCCC1. The monoisotopic (exact) mass is 259 g/mol. The molecule has 0 radical (unpaired) electrons. The van der Waals surface area contributed by atoms with Gasteiger partial charge >= 0.3 is 0 Å².